The molecule has 0 radical (unpaired) electrons. The highest BCUT2D eigenvalue weighted by molar-refractivity contribution is 6.37. The number of halogens is 2. The maximum Gasteiger partial charge on any atom is 0.325 e. The number of hydrogen-bond acceptors (Lipinski definition) is 4. The van der Waals surface area contributed by atoms with Gasteiger partial charge in [0.2, 0.25) is 0 Å². The van der Waals surface area contributed by atoms with Crippen molar-refractivity contribution in [3.8, 4) is 5.75 Å². The molecule has 0 aromatic heterocycles. The van der Waals surface area contributed by atoms with Crippen LogP contribution in [0.5, 0.6) is 5.75 Å². The van der Waals surface area contributed by atoms with Crippen molar-refractivity contribution in [1.82, 2.24) is 5.48 Å². The zero-order valence-corrected chi connectivity index (χ0v) is 10.8. The van der Waals surface area contributed by atoms with Gasteiger partial charge >= 0.3 is 5.97 Å². The first-order valence-corrected chi connectivity index (χ1v) is 5.89. The first-order valence-electron chi connectivity index (χ1n) is 5.14. The van der Waals surface area contributed by atoms with Crippen LogP contribution in [-0.2, 0) is 16.1 Å². The first kappa shape index (κ1) is 14.1. The number of phenolic OH excluding ortho intramolecular Hbond substituents is 1. The van der Waals surface area contributed by atoms with E-state index in [-0.39, 0.29) is 28.2 Å². The number of benzene rings is 1. The second kappa shape index (κ2) is 6.69. The Morgan fingerprint density at radius 1 is 1.41 bits per heavy atom. The summed E-state index contributed by atoms with van der Waals surface area (Å²) >= 11 is 11.5. The molecule has 0 amide bonds. The van der Waals surface area contributed by atoms with E-state index in [9.17, 15) is 9.90 Å². The van der Waals surface area contributed by atoms with Gasteiger partial charge in [-0.05, 0) is 31.0 Å². The lowest BCUT2D eigenvalue weighted by Crippen LogP contribution is -2.19. The lowest BCUT2D eigenvalue weighted by Gasteiger charge is -2.06. The van der Waals surface area contributed by atoms with Crippen LogP contribution in [0.3, 0.4) is 0 Å². The molecule has 0 heterocycles. The molecule has 0 spiro atoms. The molecule has 0 saturated carbocycles. The standard InChI is InChI=1S/C11H13Cl2NO3/c1-2-14-17-10(15)4-3-7-5-8(12)11(16)9(13)6-7/h5-6,14,16H,2-4H2,1H3. The van der Waals surface area contributed by atoms with Gasteiger partial charge in [0.05, 0.1) is 16.5 Å². The average molecular weight is 278 g/mol. The van der Waals surface area contributed by atoms with Crippen LogP contribution in [0.2, 0.25) is 10.0 Å². The summed E-state index contributed by atoms with van der Waals surface area (Å²) in [6.45, 7) is 2.38. The largest absolute Gasteiger partial charge is 0.505 e. The van der Waals surface area contributed by atoms with Gasteiger partial charge in [-0.15, -0.1) is 0 Å². The Morgan fingerprint density at radius 2 is 2.00 bits per heavy atom. The van der Waals surface area contributed by atoms with Crippen molar-refractivity contribution in [2.45, 2.75) is 19.8 Å². The van der Waals surface area contributed by atoms with Gasteiger partial charge in [0.15, 0.2) is 5.75 Å². The summed E-state index contributed by atoms with van der Waals surface area (Å²) in [6, 6.07) is 3.15. The number of aryl methyl sites for hydroxylation is 1. The number of phenols is 1. The minimum absolute atomic E-state index is 0.146. The highest BCUT2D eigenvalue weighted by Crippen LogP contribution is 2.32. The Labute approximate surface area is 109 Å². The number of hydrogen-bond donors (Lipinski definition) is 2. The van der Waals surface area contributed by atoms with Crippen molar-refractivity contribution in [3.05, 3.63) is 27.7 Å². The highest BCUT2D eigenvalue weighted by atomic mass is 35.5. The third-order valence-electron chi connectivity index (χ3n) is 2.02. The quantitative estimate of drug-likeness (QED) is 0.813. The van der Waals surface area contributed by atoms with E-state index in [4.69, 9.17) is 28.0 Å². The Bertz CT molecular complexity index is 387. The van der Waals surface area contributed by atoms with Crippen molar-refractivity contribution >= 4 is 29.2 Å². The topological polar surface area (TPSA) is 58.6 Å². The Morgan fingerprint density at radius 3 is 2.53 bits per heavy atom. The Kier molecular flexibility index (Phi) is 5.55. The number of rotatable bonds is 5. The van der Waals surface area contributed by atoms with E-state index in [1.165, 1.54) is 0 Å². The SMILES string of the molecule is CCNOC(=O)CCc1cc(Cl)c(O)c(Cl)c1. The van der Waals surface area contributed by atoms with Crippen LogP contribution in [0, 0.1) is 0 Å². The summed E-state index contributed by atoms with van der Waals surface area (Å²) in [6.07, 6.45) is 0.661. The first-order chi connectivity index (χ1) is 8.04. The maximum atomic E-state index is 11.2. The molecule has 1 aromatic carbocycles. The molecule has 0 aliphatic carbocycles. The van der Waals surface area contributed by atoms with Crippen LogP contribution in [0.1, 0.15) is 18.9 Å². The molecule has 17 heavy (non-hydrogen) atoms. The van der Waals surface area contributed by atoms with E-state index in [1.807, 2.05) is 6.92 Å². The molecule has 0 aliphatic heterocycles. The molecule has 4 nitrogen and oxygen atoms in total. The van der Waals surface area contributed by atoms with Crippen LogP contribution in [0.25, 0.3) is 0 Å². The highest BCUT2D eigenvalue weighted by Gasteiger charge is 2.09. The smallest absolute Gasteiger partial charge is 0.325 e. The van der Waals surface area contributed by atoms with Crippen molar-refractivity contribution in [3.63, 3.8) is 0 Å². The zero-order chi connectivity index (χ0) is 12.8. The molecule has 94 valence electrons. The van der Waals surface area contributed by atoms with Crippen molar-refractivity contribution in [1.29, 1.82) is 0 Å². The third kappa shape index (κ3) is 4.42. The van der Waals surface area contributed by atoms with Gasteiger partial charge in [-0.2, -0.15) is 5.48 Å². The van der Waals surface area contributed by atoms with Crippen molar-refractivity contribution in [2.24, 2.45) is 0 Å². The molecular formula is C11H13Cl2NO3. The Balaban J connectivity index is 2.55. The van der Waals surface area contributed by atoms with Crippen LogP contribution in [0.15, 0.2) is 12.1 Å². The zero-order valence-electron chi connectivity index (χ0n) is 9.30. The van der Waals surface area contributed by atoms with Gasteiger partial charge in [-0.25, -0.2) is 0 Å². The molecule has 1 aromatic rings. The number of carbonyl (C=O) groups is 1. The number of hydroxylamine groups is 1. The minimum atomic E-state index is -0.354. The molecule has 1 rings (SSSR count). The summed E-state index contributed by atoms with van der Waals surface area (Å²) in [5.41, 5.74) is 3.24. The van der Waals surface area contributed by atoms with Gasteiger partial charge in [-0.3, -0.25) is 4.79 Å². The number of carbonyl (C=O) groups excluding carboxylic acids is 1. The van der Waals surface area contributed by atoms with E-state index in [2.05, 4.69) is 5.48 Å². The van der Waals surface area contributed by atoms with E-state index in [0.29, 0.717) is 13.0 Å². The second-order valence-corrected chi connectivity index (χ2v) is 4.19. The fraction of sp³-hybridized carbons (Fsp3) is 0.364. The van der Waals surface area contributed by atoms with Crippen LogP contribution < -0.4 is 5.48 Å². The predicted molar refractivity (Wildman–Crippen MR) is 66.2 cm³/mol. The summed E-state index contributed by atoms with van der Waals surface area (Å²) < 4.78 is 0. The Hall–Kier alpha value is -0.970. The van der Waals surface area contributed by atoms with Gasteiger partial charge in [0, 0.05) is 6.54 Å². The monoisotopic (exact) mass is 277 g/mol. The molecule has 6 heteroatoms. The molecule has 2 N–H and O–H groups in total. The lowest BCUT2D eigenvalue weighted by atomic mass is 10.1. The van der Waals surface area contributed by atoms with E-state index in [1.54, 1.807) is 12.1 Å². The summed E-state index contributed by atoms with van der Waals surface area (Å²) in [7, 11) is 0. The number of nitrogens with one attached hydrogen (secondary N) is 1. The normalized spacial score (nSPS) is 10.3. The average Bonchev–Trinajstić information content (AvgIpc) is 2.30. The van der Waals surface area contributed by atoms with E-state index < -0.39 is 0 Å². The predicted octanol–water partition coefficient (Wildman–Crippen LogP) is 2.70. The summed E-state index contributed by atoms with van der Waals surface area (Å²) in [4.78, 5) is 15.9. The molecule has 0 atom stereocenters. The molecule has 0 fully saturated rings. The summed E-state index contributed by atoms with van der Waals surface area (Å²) in [5, 5.41) is 9.71. The minimum Gasteiger partial charge on any atom is -0.505 e. The third-order valence-corrected chi connectivity index (χ3v) is 2.60. The fourth-order valence-electron chi connectivity index (χ4n) is 1.21. The number of aromatic hydroxyl groups is 1. The van der Waals surface area contributed by atoms with Crippen molar-refractivity contribution < 1.29 is 14.7 Å². The van der Waals surface area contributed by atoms with Crippen molar-refractivity contribution in [2.75, 3.05) is 6.54 Å². The lowest BCUT2D eigenvalue weighted by molar-refractivity contribution is -0.150. The second-order valence-electron chi connectivity index (χ2n) is 3.38. The van der Waals surface area contributed by atoms with Gasteiger partial charge in [0.25, 0.3) is 0 Å². The van der Waals surface area contributed by atoms with Gasteiger partial charge in [-0.1, -0.05) is 23.2 Å². The summed E-state index contributed by atoms with van der Waals surface area (Å²) in [5.74, 6) is -0.500. The van der Waals surface area contributed by atoms with Crippen LogP contribution in [-0.4, -0.2) is 17.6 Å². The molecule has 0 bridgehead atoms. The molecule has 0 saturated heterocycles. The van der Waals surface area contributed by atoms with E-state index >= 15 is 0 Å². The van der Waals surface area contributed by atoms with Crippen LogP contribution >= 0.6 is 23.2 Å². The van der Waals surface area contributed by atoms with Gasteiger partial charge in [0.1, 0.15) is 0 Å². The fourth-order valence-corrected chi connectivity index (χ4v) is 1.74. The van der Waals surface area contributed by atoms with E-state index in [0.717, 1.165) is 5.56 Å². The van der Waals surface area contributed by atoms with Crippen LogP contribution in [0.4, 0.5) is 0 Å². The maximum absolute atomic E-state index is 11.2. The molecular weight excluding hydrogens is 265 g/mol. The van der Waals surface area contributed by atoms with Gasteiger partial charge < -0.3 is 9.94 Å². The molecule has 0 aliphatic rings. The molecule has 0 unspecified atom stereocenters.